The Labute approximate surface area is 253 Å². The Hall–Kier alpha value is -3.80. The van der Waals surface area contributed by atoms with Gasteiger partial charge in [-0.15, -0.1) is 0 Å². The summed E-state index contributed by atoms with van der Waals surface area (Å²) in [6.07, 6.45) is 5.78. The largest absolute Gasteiger partial charge is 0.489 e. The van der Waals surface area contributed by atoms with Gasteiger partial charge in [0.1, 0.15) is 35.9 Å². The summed E-state index contributed by atoms with van der Waals surface area (Å²) in [5.41, 5.74) is 2.50. The summed E-state index contributed by atoms with van der Waals surface area (Å²) in [5, 5.41) is 7.48. The second kappa shape index (κ2) is 13.0. The van der Waals surface area contributed by atoms with E-state index in [1.165, 1.54) is 18.5 Å². The molecule has 0 radical (unpaired) electrons. The molecule has 4 aromatic rings. The van der Waals surface area contributed by atoms with Crippen molar-refractivity contribution in [2.45, 2.75) is 32.5 Å². The van der Waals surface area contributed by atoms with Crippen molar-refractivity contribution in [1.82, 2.24) is 15.3 Å². The molecule has 1 unspecified atom stereocenters. The second-order valence-electron chi connectivity index (χ2n) is 10.3. The van der Waals surface area contributed by atoms with Crippen LogP contribution in [0.3, 0.4) is 0 Å². The molecule has 0 saturated carbocycles. The Kier molecular flexibility index (Phi) is 9.20. The molecule has 5 rings (SSSR count). The van der Waals surface area contributed by atoms with E-state index in [0.717, 1.165) is 32.2 Å². The molecule has 2 heterocycles. The number of rotatable bonds is 11. The van der Waals surface area contributed by atoms with Crippen molar-refractivity contribution in [2.24, 2.45) is 5.92 Å². The predicted octanol–water partition coefficient (Wildman–Crippen LogP) is 6.28. The number of ether oxygens (including phenoxy) is 2. The maximum atomic E-state index is 13.5. The van der Waals surface area contributed by atoms with E-state index < -0.39 is 15.9 Å². The number of nitrogens with one attached hydrogen (secondary N) is 2. The SMILES string of the molecule is CC(C)C(CNCC1(c2ccc3ncnc(Nc4ccc(OCc5cccc(F)c5)c(Br)c4)c3c2)CC=CO1)=S(=O)=O. The van der Waals surface area contributed by atoms with Crippen molar-refractivity contribution in [3.63, 3.8) is 0 Å². The third kappa shape index (κ3) is 6.80. The van der Waals surface area contributed by atoms with Crippen LogP contribution >= 0.6 is 15.9 Å². The minimum Gasteiger partial charge on any atom is -0.489 e. The lowest BCUT2D eigenvalue weighted by Crippen LogP contribution is -2.40. The van der Waals surface area contributed by atoms with Crippen LogP contribution in [-0.2, 0) is 27.2 Å². The average molecular weight is 654 g/mol. The molecule has 1 atom stereocenters. The van der Waals surface area contributed by atoms with Gasteiger partial charge in [-0.1, -0.05) is 32.0 Å². The lowest BCUT2D eigenvalue weighted by atomic mass is 9.90. The molecular weight excluding hydrogens is 623 g/mol. The van der Waals surface area contributed by atoms with E-state index in [2.05, 4.69) is 36.5 Å². The number of halogens is 2. The van der Waals surface area contributed by atoms with Crippen LogP contribution in [0.25, 0.3) is 10.9 Å². The van der Waals surface area contributed by atoms with E-state index in [9.17, 15) is 12.8 Å². The molecule has 1 aromatic heterocycles. The van der Waals surface area contributed by atoms with Crippen LogP contribution in [0.4, 0.5) is 15.9 Å². The first kappa shape index (κ1) is 29.7. The maximum Gasteiger partial charge on any atom is 0.214 e. The number of nitrogens with zero attached hydrogens (tertiary/aromatic N) is 2. The first-order valence-electron chi connectivity index (χ1n) is 13.4. The Morgan fingerprint density at radius 3 is 2.71 bits per heavy atom. The molecule has 1 aliphatic rings. The van der Waals surface area contributed by atoms with Crippen molar-refractivity contribution in [1.29, 1.82) is 0 Å². The molecule has 0 saturated heterocycles. The minimum atomic E-state index is -2.25. The van der Waals surface area contributed by atoms with E-state index in [1.54, 1.807) is 12.3 Å². The van der Waals surface area contributed by atoms with Gasteiger partial charge in [0, 0.05) is 30.6 Å². The third-order valence-electron chi connectivity index (χ3n) is 7.04. The van der Waals surface area contributed by atoms with E-state index in [0.29, 0.717) is 29.4 Å². The number of hydrogen-bond donors (Lipinski definition) is 2. The zero-order valence-electron chi connectivity index (χ0n) is 23.1. The highest BCUT2D eigenvalue weighted by Crippen LogP contribution is 2.37. The van der Waals surface area contributed by atoms with Crippen molar-refractivity contribution in [3.8, 4) is 5.75 Å². The first-order chi connectivity index (χ1) is 20.2. The van der Waals surface area contributed by atoms with Crippen LogP contribution in [0, 0.1) is 11.7 Å². The summed E-state index contributed by atoms with van der Waals surface area (Å²) in [6.45, 7) is 4.63. The Bertz CT molecular complexity index is 1760. The molecule has 218 valence electrons. The van der Waals surface area contributed by atoms with Gasteiger partial charge in [0.15, 0.2) is 0 Å². The Balaban J connectivity index is 1.36. The van der Waals surface area contributed by atoms with Crippen LogP contribution in [-0.4, -0.2) is 36.3 Å². The van der Waals surface area contributed by atoms with Gasteiger partial charge in [0.25, 0.3) is 0 Å². The monoisotopic (exact) mass is 652 g/mol. The first-order valence-corrected chi connectivity index (χ1v) is 15.3. The quantitative estimate of drug-likeness (QED) is 0.183. The zero-order valence-corrected chi connectivity index (χ0v) is 25.5. The van der Waals surface area contributed by atoms with E-state index in [1.807, 2.05) is 62.4 Å². The molecule has 3 aromatic carbocycles. The molecule has 42 heavy (non-hydrogen) atoms. The number of benzene rings is 3. The van der Waals surface area contributed by atoms with E-state index in [4.69, 9.17) is 9.47 Å². The van der Waals surface area contributed by atoms with Crippen LogP contribution in [0.5, 0.6) is 5.75 Å². The summed E-state index contributed by atoms with van der Waals surface area (Å²) in [6, 6.07) is 17.8. The molecule has 0 fully saturated rings. The number of hydrogen-bond acceptors (Lipinski definition) is 8. The predicted molar refractivity (Wildman–Crippen MR) is 166 cm³/mol. The van der Waals surface area contributed by atoms with Crippen molar-refractivity contribution in [2.75, 3.05) is 18.4 Å². The van der Waals surface area contributed by atoms with Crippen LogP contribution in [0.15, 0.2) is 83.8 Å². The number of fused-ring (bicyclic) bond motifs is 1. The molecule has 8 nitrogen and oxygen atoms in total. The van der Waals surface area contributed by atoms with Gasteiger partial charge in [-0.3, -0.25) is 0 Å². The van der Waals surface area contributed by atoms with Gasteiger partial charge in [-0.2, -0.15) is 8.42 Å². The summed E-state index contributed by atoms with van der Waals surface area (Å²) in [5.74, 6) is 0.852. The van der Waals surface area contributed by atoms with Crippen LogP contribution in [0.1, 0.15) is 31.4 Å². The molecule has 0 spiro atoms. The highest BCUT2D eigenvalue weighted by Gasteiger charge is 2.35. The summed E-state index contributed by atoms with van der Waals surface area (Å²) >= 11 is 3.57. The molecule has 2 N–H and O–H groups in total. The van der Waals surface area contributed by atoms with Crippen molar-refractivity contribution in [3.05, 3.63) is 101 Å². The fourth-order valence-electron chi connectivity index (χ4n) is 4.77. The van der Waals surface area contributed by atoms with Gasteiger partial charge in [0.2, 0.25) is 10.3 Å². The normalized spacial score (nSPS) is 16.0. The lowest BCUT2D eigenvalue weighted by Gasteiger charge is -2.30. The summed E-state index contributed by atoms with van der Waals surface area (Å²) in [4.78, 5) is 9.37. The molecule has 0 aliphatic carbocycles. The summed E-state index contributed by atoms with van der Waals surface area (Å²) in [7, 11) is -2.25. The van der Waals surface area contributed by atoms with Crippen molar-refractivity contribution < 1.29 is 22.3 Å². The summed E-state index contributed by atoms with van der Waals surface area (Å²) < 4.78 is 49.5. The highest BCUT2D eigenvalue weighted by atomic mass is 79.9. The fourth-order valence-corrected chi connectivity index (χ4v) is 5.87. The highest BCUT2D eigenvalue weighted by molar-refractivity contribution is 9.10. The smallest absolute Gasteiger partial charge is 0.214 e. The average Bonchev–Trinajstić information content (AvgIpc) is 3.44. The van der Waals surface area contributed by atoms with Gasteiger partial charge in [-0.05, 0) is 81.5 Å². The molecule has 1 aliphatic heterocycles. The fraction of sp³-hybridized carbons (Fsp3) is 0.258. The Morgan fingerprint density at radius 2 is 2.00 bits per heavy atom. The molecular formula is C31H30BrFN4O4S. The van der Waals surface area contributed by atoms with Crippen LogP contribution < -0.4 is 15.4 Å². The zero-order chi connectivity index (χ0) is 29.7. The third-order valence-corrected chi connectivity index (χ3v) is 8.71. The van der Waals surface area contributed by atoms with Crippen molar-refractivity contribution >= 4 is 53.5 Å². The lowest BCUT2D eigenvalue weighted by molar-refractivity contribution is 0.0425. The maximum absolute atomic E-state index is 13.5. The minimum absolute atomic E-state index is 0.0880. The standard InChI is InChI=1S/C31H30BrFN4O4S/c1-20(2)29(42(38)39)16-34-18-31(11-4-12-41-31)22-7-9-27-25(14-22)30(36-19-35-27)37-24-8-10-28(26(32)15-24)40-17-21-5-3-6-23(33)13-21/h3-10,12-15,19-20,34H,11,16-18H2,1-2H3,(H,35,36,37). The molecule has 0 amide bonds. The van der Waals surface area contributed by atoms with E-state index >= 15 is 0 Å². The molecule has 11 heteroatoms. The number of aromatic nitrogens is 2. The van der Waals surface area contributed by atoms with Gasteiger partial charge < -0.3 is 20.1 Å². The topological polar surface area (TPSA) is 102 Å². The van der Waals surface area contributed by atoms with Gasteiger partial charge in [0.05, 0.1) is 21.1 Å². The number of anilines is 2. The van der Waals surface area contributed by atoms with Crippen LogP contribution in [0.2, 0.25) is 0 Å². The molecule has 0 bridgehead atoms. The van der Waals surface area contributed by atoms with E-state index in [-0.39, 0.29) is 24.9 Å². The van der Waals surface area contributed by atoms with Gasteiger partial charge in [-0.25, -0.2) is 14.4 Å². The Morgan fingerprint density at radius 1 is 1.14 bits per heavy atom. The second-order valence-corrected chi connectivity index (χ2v) is 12.1. The van der Waals surface area contributed by atoms with Gasteiger partial charge >= 0.3 is 0 Å².